The summed E-state index contributed by atoms with van der Waals surface area (Å²) in [4.78, 5) is 0. The molecule has 0 amide bonds. The van der Waals surface area contributed by atoms with Crippen LogP contribution in [0.1, 0.15) is 5.56 Å². The Balaban J connectivity index is 2.11. The molecular weight excluding hydrogens is 248 g/mol. The Morgan fingerprint density at radius 2 is 2.00 bits per heavy atom. The zero-order valence-corrected chi connectivity index (χ0v) is 9.93. The minimum absolute atomic E-state index is 0.0238. The van der Waals surface area contributed by atoms with Gasteiger partial charge in [-0.05, 0) is 12.0 Å². The van der Waals surface area contributed by atoms with Gasteiger partial charge in [0, 0.05) is 18.7 Å². The highest BCUT2D eigenvalue weighted by atomic mass is 32.2. The maximum Gasteiger partial charge on any atom is 0.163 e. The zero-order chi connectivity index (χ0) is 12.5. The smallest absolute Gasteiger partial charge is 0.163 e. The zero-order valence-electron chi connectivity index (χ0n) is 9.12. The van der Waals surface area contributed by atoms with Gasteiger partial charge in [0.1, 0.15) is 0 Å². The number of halogens is 2. The van der Waals surface area contributed by atoms with E-state index in [-0.39, 0.29) is 17.2 Å². The van der Waals surface area contributed by atoms with E-state index in [2.05, 4.69) is 5.32 Å². The van der Waals surface area contributed by atoms with Gasteiger partial charge in [-0.25, -0.2) is 17.2 Å². The van der Waals surface area contributed by atoms with Crippen LogP contribution < -0.4 is 5.32 Å². The number of benzene rings is 1. The molecule has 94 valence electrons. The largest absolute Gasteiger partial charge is 0.316 e. The van der Waals surface area contributed by atoms with Crippen molar-refractivity contribution in [1.29, 1.82) is 0 Å². The molecule has 0 unspecified atom stereocenters. The molecule has 1 heterocycles. The standard InChI is InChI=1S/C11H13F2NO2S/c12-10-3-1-2-9(11(10)13)7-17(15,16)6-8-4-14-5-8/h1-3,8,14H,4-7H2. The van der Waals surface area contributed by atoms with Gasteiger partial charge < -0.3 is 5.32 Å². The Morgan fingerprint density at radius 1 is 1.29 bits per heavy atom. The maximum atomic E-state index is 13.3. The molecule has 0 aliphatic carbocycles. The van der Waals surface area contributed by atoms with Crippen LogP contribution in [0.2, 0.25) is 0 Å². The normalized spacial score (nSPS) is 16.8. The predicted octanol–water partition coefficient (Wildman–Crippen LogP) is 1.10. The number of hydrogen-bond acceptors (Lipinski definition) is 3. The highest BCUT2D eigenvalue weighted by Gasteiger charge is 2.25. The van der Waals surface area contributed by atoms with Gasteiger partial charge in [-0.2, -0.15) is 0 Å². The Hall–Kier alpha value is -1.01. The molecular formula is C11H13F2NO2S. The lowest BCUT2D eigenvalue weighted by atomic mass is 10.1. The molecule has 0 radical (unpaired) electrons. The highest BCUT2D eigenvalue weighted by Crippen LogP contribution is 2.17. The number of hydrogen-bond donors (Lipinski definition) is 1. The predicted molar refractivity (Wildman–Crippen MR) is 60.2 cm³/mol. The third kappa shape index (κ3) is 3.01. The molecule has 0 spiro atoms. The van der Waals surface area contributed by atoms with Crippen LogP contribution in [0, 0.1) is 17.6 Å². The van der Waals surface area contributed by atoms with E-state index >= 15 is 0 Å². The van der Waals surface area contributed by atoms with E-state index in [0.29, 0.717) is 13.1 Å². The van der Waals surface area contributed by atoms with Gasteiger partial charge in [-0.1, -0.05) is 12.1 Å². The molecule has 0 atom stereocenters. The van der Waals surface area contributed by atoms with Gasteiger partial charge in [0.25, 0.3) is 0 Å². The fourth-order valence-electron chi connectivity index (χ4n) is 1.78. The first-order valence-corrected chi connectivity index (χ1v) is 7.14. The molecule has 1 aromatic rings. The van der Waals surface area contributed by atoms with E-state index in [4.69, 9.17) is 0 Å². The molecule has 6 heteroatoms. The Morgan fingerprint density at radius 3 is 2.59 bits per heavy atom. The molecule has 2 rings (SSSR count). The summed E-state index contributed by atoms with van der Waals surface area (Å²) in [5.41, 5.74) is -0.0997. The second kappa shape index (κ2) is 4.70. The van der Waals surface area contributed by atoms with E-state index in [9.17, 15) is 17.2 Å². The Bertz CT molecular complexity index is 512. The van der Waals surface area contributed by atoms with Crippen molar-refractivity contribution < 1.29 is 17.2 Å². The molecule has 0 saturated carbocycles. The third-order valence-electron chi connectivity index (χ3n) is 2.76. The van der Waals surface area contributed by atoms with Crippen molar-refractivity contribution in [1.82, 2.24) is 5.32 Å². The van der Waals surface area contributed by atoms with Crippen LogP contribution in [0.3, 0.4) is 0 Å². The summed E-state index contributed by atoms with van der Waals surface area (Å²) in [5.74, 6) is -2.40. The maximum absolute atomic E-state index is 13.3. The summed E-state index contributed by atoms with van der Waals surface area (Å²) in [6, 6.07) is 3.59. The van der Waals surface area contributed by atoms with E-state index in [1.807, 2.05) is 0 Å². The SMILES string of the molecule is O=S(=O)(Cc1cccc(F)c1F)CC1CNC1. The van der Waals surface area contributed by atoms with Gasteiger partial charge in [-0.15, -0.1) is 0 Å². The fourth-order valence-corrected chi connectivity index (χ4v) is 3.55. The van der Waals surface area contributed by atoms with Crippen LogP contribution in [0.4, 0.5) is 8.78 Å². The van der Waals surface area contributed by atoms with E-state index < -0.39 is 27.2 Å². The monoisotopic (exact) mass is 261 g/mol. The van der Waals surface area contributed by atoms with Crippen LogP contribution in [0.5, 0.6) is 0 Å². The van der Waals surface area contributed by atoms with Gasteiger partial charge in [0.15, 0.2) is 21.5 Å². The topological polar surface area (TPSA) is 46.2 Å². The summed E-state index contributed by atoms with van der Waals surface area (Å²) in [5, 5.41) is 2.97. The van der Waals surface area contributed by atoms with Crippen LogP contribution in [-0.4, -0.2) is 27.3 Å². The summed E-state index contributed by atoms with van der Waals surface area (Å²) in [7, 11) is -3.38. The van der Waals surface area contributed by atoms with Gasteiger partial charge in [0.2, 0.25) is 0 Å². The lowest BCUT2D eigenvalue weighted by Gasteiger charge is -2.26. The number of rotatable bonds is 4. The van der Waals surface area contributed by atoms with E-state index in [1.165, 1.54) is 12.1 Å². The van der Waals surface area contributed by atoms with Crippen molar-refractivity contribution in [2.24, 2.45) is 5.92 Å². The molecule has 0 bridgehead atoms. The molecule has 1 aliphatic rings. The van der Waals surface area contributed by atoms with Crippen molar-refractivity contribution in [2.75, 3.05) is 18.8 Å². The fraction of sp³-hybridized carbons (Fsp3) is 0.455. The van der Waals surface area contributed by atoms with Crippen molar-refractivity contribution >= 4 is 9.84 Å². The molecule has 1 saturated heterocycles. The molecule has 1 fully saturated rings. The lowest BCUT2D eigenvalue weighted by Crippen LogP contribution is -2.45. The summed E-state index contributed by atoms with van der Waals surface area (Å²) < 4.78 is 49.7. The minimum atomic E-state index is -3.38. The van der Waals surface area contributed by atoms with E-state index in [1.54, 1.807) is 0 Å². The van der Waals surface area contributed by atoms with Gasteiger partial charge in [-0.3, -0.25) is 0 Å². The number of nitrogens with one attached hydrogen (secondary N) is 1. The van der Waals surface area contributed by atoms with Crippen LogP contribution in [0.15, 0.2) is 18.2 Å². The van der Waals surface area contributed by atoms with Crippen LogP contribution in [0.25, 0.3) is 0 Å². The summed E-state index contributed by atoms with van der Waals surface area (Å²) in [6.45, 7) is 1.34. The van der Waals surface area contributed by atoms with Gasteiger partial charge in [0.05, 0.1) is 11.5 Å². The first-order valence-electron chi connectivity index (χ1n) is 5.32. The van der Waals surface area contributed by atoms with Gasteiger partial charge >= 0.3 is 0 Å². The molecule has 1 aliphatic heterocycles. The van der Waals surface area contributed by atoms with Crippen molar-refractivity contribution in [3.63, 3.8) is 0 Å². The number of sulfone groups is 1. The second-order valence-electron chi connectivity index (χ2n) is 4.29. The quantitative estimate of drug-likeness (QED) is 0.883. The minimum Gasteiger partial charge on any atom is -0.316 e. The van der Waals surface area contributed by atoms with Crippen LogP contribution >= 0.6 is 0 Å². The molecule has 17 heavy (non-hydrogen) atoms. The Kier molecular flexibility index (Phi) is 3.44. The van der Waals surface area contributed by atoms with Crippen molar-refractivity contribution in [3.8, 4) is 0 Å². The average molecular weight is 261 g/mol. The highest BCUT2D eigenvalue weighted by molar-refractivity contribution is 7.90. The van der Waals surface area contributed by atoms with Crippen LogP contribution in [-0.2, 0) is 15.6 Å². The first kappa shape index (κ1) is 12.4. The van der Waals surface area contributed by atoms with E-state index in [0.717, 1.165) is 6.07 Å². The Labute approximate surface area is 98.8 Å². The first-order chi connectivity index (χ1) is 7.98. The average Bonchev–Trinajstić information content (AvgIpc) is 2.19. The summed E-state index contributed by atoms with van der Waals surface area (Å²) >= 11 is 0. The van der Waals surface area contributed by atoms with Crippen molar-refractivity contribution in [3.05, 3.63) is 35.4 Å². The molecule has 0 aromatic heterocycles. The third-order valence-corrected chi connectivity index (χ3v) is 4.49. The molecule has 1 N–H and O–H groups in total. The molecule has 3 nitrogen and oxygen atoms in total. The second-order valence-corrected chi connectivity index (χ2v) is 6.40. The molecule has 1 aromatic carbocycles. The lowest BCUT2D eigenvalue weighted by molar-refractivity contribution is 0.378. The van der Waals surface area contributed by atoms with Crippen molar-refractivity contribution in [2.45, 2.75) is 5.75 Å². The summed E-state index contributed by atoms with van der Waals surface area (Å²) in [6.07, 6.45) is 0.